The van der Waals surface area contributed by atoms with Gasteiger partial charge >= 0.3 is 0 Å². The lowest BCUT2D eigenvalue weighted by atomic mass is 9.77. The molecule has 0 aliphatic carbocycles. The van der Waals surface area contributed by atoms with Gasteiger partial charge in [0.1, 0.15) is 12.4 Å². The van der Waals surface area contributed by atoms with Crippen LogP contribution in [0.25, 0.3) is 0 Å². The van der Waals surface area contributed by atoms with Crippen LogP contribution in [-0.4, -0.2) is 72.2 Å². The summed E-state index contributed by atoms with van der Waals surface area (Å²) < 4.78 is 23.1. The van der Waals surface area contributed by atoms with Crippen molar-refractivity contribution in [2.45, 2.75) is 64.4 Å². The zero-order valence-electron chi connectivity index (χ0n) is 24.8. The largest absolute Gasteiger partial charge is 0.490 e. The summed E-state index contributed by atoms with van der Waals surface area (Å²) >= 11 is 0. The van der Waals surface area contributed by atoms with Gasteiger partial charge in [-0.3, -0.25) is 4.79 Å². The molecular weight excluding hydrogens is 506 g/mol. The number of hydrogen-bond acceptors (Lipinski definition) is 7. The maximum Gasteiger partial charge on any atom is 0.225 e. The molecule has 40 heavy (non-hydrogen) atoms. The van der Waals surface area contributed by atoms with Gasteiger partial charge in [0.15, 0.2) is 0 Å². The molecule has 2 heterocycles. The fourth-order valence-corrected chi connectivity index (χ4v) is 5.97. The maximum atomic E-state index is 12.5. The zero-order valence-corrected chi connectivity index (χ0v) is 24.8. The summed E-state index contributed by atoms with van der Waals surface area (Å²) in [6.45, 7) is 9.16. The Hall–Kier alpha value is -2.65. The van der Waals surface area contributed by atoms with Crippen LogP contribution in [0.15, 0.2) is 42.5 Å². The van der Waals surface area contributed by atoms with E-state index in [1.165, 1.54) is 5.56 Å². The Morgan fingerprint density at radius 3 is 2.60 bits per heavy atom. The van der Waals surface area contributed by atoms with Crippen molar-refractivity contribution in [2.24, 2.45) is 5.41 Å². The molecule has 1 fully saturated rings. The molecule has 220 valence electrons. The number of carbonyl (C=O) groups excluding carboxylic acids is 1. The van der Waals surface area contributed by atoms with Gasteiger partial charge in [0.05, 0.1) is 31.5 Å². The van der Waals surface area contributed by atoms with E-state index >= 15 is 0 Å². The van der Waals surface area contributed by atoms with Gasteiger partial charge in [0.2, 0.25) is 5.91 Å². The van der Waals surface area contributed by atoms with Crippen LogP contribution in [0.2, 0.25) is 0 Å². The average Bonchev–Trinajstić information content (AvgIpc) is 2.96. The Labute approximate surface area is 239 Å². The summed E-state index contributed by atoms with van der Waals surface area (Å²) in [4.78, 5) is 14.9. The third kappa shape index (κ3) is 7.75. The molecular formula is C32H47N3O5. The molecule has 0 saturated carbocycles. The molecule has 8 heteroatoms. The first kappa shape index (κ1) is 30.3. The Morgan fingerprint density at radius 2 is 1.88 bits per heavy atom. The molecule has 0 unspecified atom stereocenters. The molecule has 2 aliphatic rings. The van der Waals surface area contributed by atoms with Crippen LogP contribution in [0.5, 0.6) is 5.75 Å². The molecule has 8 nitrogen and oxygen atoms in total. The fourth-order valence-electron chi connectivity index (χ4n) is 5.97. The molecule has 0 aromatic heterocycles. The second kappa shape index (κ2) is 14.3. The van der Waals surface area contributed by atoms with Gasteiger partial charge in [0, 0.05) is 58.3 Å². The van der Waals surface area contributed by atoms with Crippen molar-refractivity contribution in [1.82, 2.24) is 10.6 Å². The highest BCUT2D eigenvalue weighted by molar-refractivity contribution is 5.81. The van der Waals surface area contributed by atoms with E-state index < -0.39 is 5.41 Å². The second-order valence-corrected chi connectivity index (χ2v) is 11.6. The van der Waals surface area contributed by atoms with Gasteiger partial charge in [-0.2, -0.15) is 0 Å². The lowest BCUT2D eigenvalue weighted by Gasteiger charge is -2.40. The van der Waals surface area contributed by atoms with Crippen LogP contribution in [0, 0.1) is 5.41 Å². The number of carbonyl (C=O) groups is 1. The van der Waals surface area contributed by atoms with Gasteiger partial charge < -0.3 is 34.5 Å². The standard InChI is InChI=1S/C32H47N3O5/c1-32(2,31(36)33-3)19-26-18-27(25-10-7-23(8-11-25)21-38-5)30(20-34-26)40-22-24-9-12-29-28(17-24)35(14-16-39-29)13-6-15-37-4/h7-12,17,26-27,30,34H,6,13-16,18-22H2,1-5H3,(H,33,36)/t26-,27+,30-/m0/s1. The first-order chi connectivity index (χ1) is 19.3. The minimum absolute atomic E-state index is 0.0118. The van der Waals surface area contributed by atoms with Gasteiger partial charge in [-0.1, -0.05) is 44.2 Å². The molecule has 0 bridgehead atoms. The minimum atomic E-state index is -0.451. The van der Waals surface area contributed by atoms with Crippen molar-refractivity contribution < 1.29 is 23.7 Å². The number of nitrogens with zero attached hydrogens (tertiary/aromatic N) is 1. The summed E-state index contributed by atoms with van der Waals surface area (Å²) in [6, 6.07) is 15.3. The molecule has 2 aromatic carbocycles. The number of benzene rings is 2. The smallest absolute Gasteiger partial charge is 0.225 e. The molecule has 2 N–H and O–H groups in total. The minimum Gasteiger partial charge on any atom is -0.490 e. The normalized spacial score (nSPS) is 21.0. The first-order valence-corrected chi connectivity index (χ1v) is 14.5. The summed E-state index contributed by atoms with van der Waals surface area (Å²) in [5, 5.41) is 6.51. The Morgan fingerprint density at radius 1 is 1.10 bits per heavy atom. The van der Waals surface area contributed by atoms with E-state index in [0.29, 0.717) is 19.8 Å². The maximum absolute atomic E-state index is 12.5. The summed E-state index contributed by atoms with van der Waals surface area (Å²) in [7, 11) is 5.17. The number of ether oxygens (including phenoxy) is 4. The van der Waals surface area contributed by atoms with Crippen LogP contribution in [0.4, 0.5) is 5.69 Å². The van der Waals surface area contributed by atoms with E-state index in [9.17, 15) is 4.79 Å². The van der Waals surface area contributed by atoms with Crippen LogP contribution in [-0.2, 0) is 32.2 Å². The monoisotopic (exact) mass is 553 g/mol. The first-order valence-electron chi connectivity index (χ1n) is 14.5. The average molecular weight is 554 g/mol. The highest BCUT2D eigenvalue weighted by Crippen LogP contribution is 2.36. The third-order valence-electron chi connectivity index (χ3n) is 8.14. The van der Waals surface area contributed by atoms with Crippen molar-refractivity contribution in [2.75, 3.05) is 59.0 Å². The van der Waals surface area contributed by atoms with Crippen molar-refractivity contribution >= 4 is 11.6 Å². The predicted octanol–water partition coefficient (Wildman–Crippen LogP) is 4.26. The van der Waals surface area contributed by atoms with E-state index in [-0.39, 0.29) is 24.0 Å². The molecule has 2 aliphatic heterocycles. The van der Waals surface area contributed by atoms with E-state index in [4.69, 9.17) is 18.9 Å². The van der Waals surface area contributed by atoms with Crippen molar-refractivity contribution in [3.05, 3.63) is 59.2 Å². The van der Waals surface area contributed by atoms with Crippen LogP contribution >= 0.6 is 0 Å². The SMILES string of the molecule is CNC(=O)C(C)(C)C[C@@H]1C[C@H](c2ccc(COC)cc2)[C@@H](OCc2ccc3c(c2)N(CCCOC)CCO3)CN1. The van der Waals surface area contributed by atoms with Gasteiger partial charge in [0.25, 0.3) is 0 Å². The van der Waals surface area contributed by atoms with Crippen LogP contribution in [0.3, 0.4) is 0 Å². The molecule has 3 atom stereocenters. The topological polar surface area (TPSA) is 81.3 Å². The number of rotatable bonds is 13. The van der Waals surface area contributed by atoms with Crippen LogP contribution < -0.4 is 20.3 Å². The zero-order chi connectivity index (χ0) is 28.5. The molecule has 0 radical (unpaired) electrons. The van der Waals surface area contributed by atoms with Crippen molar-refractivity contribution in [3.8, 4) is 5.75 Å². The van der Waals surface area contributed by atoms with Gasteiger partial charge in [-0.15, -0.1) is 0 Å². The van der Waals surface area contributed by atoms with Crippen molar-refractivity contribution in [3.63, 3.8) is 0 Å². The highest BCUT2D eigenvalue weighted by Gasteiger charge is 2.37. The summed E-state index contributed by atoms with van der Waals surface area (Å²) in [5.41, 5.74) is 4.23. The van der Waals surface area contributed by atoms with Crippen LogP contribution in [0.1, 0.15) is 55.7 Å². The fraction of sp³-hybridized carbons (Fsp3) is 0.594. The number of hydrogen-bond donors (Lipinski definition) is 2. The number of fused-ring (bicyclic) bond motifs is 1. The number of amides is 1. The predicted molar refractivity (Wildman–Crippen MR) is 158 cm³/mol. The van der Waals surface area contributed by atoms with E-state index in [1.54, 1.807) is 21.3 Å². The molecule has 0 spiro atoms. The highest BCUT2D eigenvalue weighted by atomic mass is 16.5. The lowest BCUT2D eigenvalue weighted by molar-refractivity contribution is -0.129. The second-order valence-electron chi connectivity index (χ2n) is 11.6. The third-order valence-corrected chi connectivity index (χ3v) is 8.14. The molecule has 4 rings (SSSR count). The van der Waals surface area contributed by atoms with E-state index in [0.717, 1.165) is 68.1 Å². The number of nitrogens with one attached hydrogen (secondary N) is 2. The Kier molecular flexibility index (Phi) is 10.8. The summed E-state index contributed by atoms with van der Waals surface area (Å²) in [5.74, 6) is 1.22. The number of piperidine rings is 1. The quantitative estimate of drug-likeness (QED) is 0.359. The Bertz CT molecular complexity index is 1090. The van der Waals surface area contributed by atoms with E-state index in [2.05, 4.69) is 58.0 Å². The van der Waals surface area contributed by atoms with Gasteiger partial charge in [-0.05, 0) is 48.1 Å². The molecule has 1 saturated heterocycles. The molecule has 1 amide bonds. The summed E-state index contributed by atoms with van der Waals surface area (Å²) in [6.07, 6.45) is 2.66. The number of methoxy groups -OCH3 is 2. The number of anilines is 1. The Balaban J connectivity index is 1.47. The van der Waals surface area contributed by atoms with Gasteiger partial charge in [-0.25, -0.2) is 0 Å². The molecule has 2 aromatic rings. The van der Waals surface area contributed by atoms with Crippen molar-refractivity contribution in [1.29, 1.82) is 0 Å². The van der Waals surface area contributed by atoms with E-state index in [1.807, 2.05) is 13.8 Å². The lowest BCUT2D eigenvalue weighted by Crippen LogP contribution is -2.50.